The minimum atomic E-state index is 0.349. The van der Waals surface area contributed by atoms with E-state index in [1.807, 2.05) is 0 Å². The molecule has 3 aliphatic carbocycles. The summed E-state index contributed by atoms with van der Waals surface area (Å²) in [5.41, 5.74) is 4.02. The molecule has 0 radical (unpaired) electrons. The fourth-order valence-corrected chi connectivity index (χ4v) is 8.74. The lowest BCUT2D eigenvalue weighted by molar-refractivity contribution is 0.0461. The highest BCUT2D eigenvalue weighted by Crippen LogP contribution is 2.56. The summed E-state index contributed by atoms with van der Waals surface area (Å²) in [5, 5.41) is 0. The van der Waals surface area contributed by atoms with Crippen molar-refractivity contribution in [3.63, 3.8) is 0 Å². The summed E-state index contributed by atoms with van der Waals surface area (Å²) in [6.07, 6.45) is 18.9. The van der Waals surface area contributed by atoms with Crippen LogP contribution in [0.1, 0.15) is 136 Å². The zero-order valence-electron chi connectivity index (χ0n) is 24.1. The number of hydrogen-bond acceptors (Lipinski definition) is 0. The second-order valence-corrected chi connectivity index (χ2v) is 14.5. The van der Waals surface area contributed by atoms with Gasteiger partial charge in [-0.2, -0.15) is 0 Å². The van der Waals surface area contributed by atoms with E-state index in [1.54, 1.807) is 11.1 Å². The molecule has 1 aromatic carbocycles. The summed E-state index contributed by atoms with van der Waals surface area (Å²) in [6.45, 7) is 19.1. The summed E-state index contributed by atoms with van der Waals surface area (Å²) in [7, 11) is 0. The number of hydrogen-bond donors (Lipinski definition) is 0. The van der Waals surface area contributed by atoms with E-state index >= 15 is 0 Å². The Morgan fingerprint density at radius 1 is 0.914 bits per heavy atom. The van der Waals surface area contributed by atoms with Gasteiger partial charge in [-0.3, -0.25) is 0 Å². The molecule has 1 aromatic rings. The Morgan fingerprint density at radius 2 is 1.60 bits per heavy atom. The maximum absolute atomic E-state index is 4.02. The summed E-state index contributed by atoms with van der Waals surface area (Å²) < 4.78 is 0. The van der Waals surface area contributed by atoms with E-state index in [-0.39, 0.29) is 0 Å². The van der Waals surface area contributed by atoms with Crippen LogP contribution in [0, 0.1) is 40.9 Å². The van der Waals surface area contributed by atoms with Crippen LogP contribution in [-0.2, 0) is 5.41 Å². The van der Waals surface area contributed by atoms with Gasteiger partial charge in [-0.05, 0) is 108 Å². The van der Waals surface area contributed by atoms with E-state index in [0.717, 1.165) is 41.4 Å². The number of rotatable bonds is 11. The van der Waals surface area contributed by atoms with Crippen LogP contribution >= 0.6 is 0 Å². The highest BCUT2D eigenvalue weighted by molar-refractivity contribution is 5.32. The monoisotopic (exact) mass is 476 g/mol. The Kier molecular flexibility index (Phi) is 8.60. The molecule has 0 aliphatic heterocycles. The average Bonchev–Trinajstić information content (AvgIpc) is 3.48. The topological polar surface area (TPSA) is 0 Å². The van der Waals surface area contributed by atoms with E-state index in [9.17, 15) is 0 Å². The van der Waals surface area contributed by atoms with E-state index in [1.165, 1.54) is 77.0 Å². The van der Waals surface area contributed by atoms with E-state index in [4.69, 9.17) is 0 Å². The van der Waals surface area contributed by atoms with Gasteiger partial charge in [-0.1, -0.05) is 104 Å². The molecular formula is C35H56. The molecular weight excluding hydrogens is 420 g/mol. The molecule has 0 spiro atoms. The fraction of sp³-hybridized carbons (Fsp3) is 0.771. The minimum Gasteiger partial charge on any atom is -0.103 e. The Bertz CT molecular complexity index is 803. The van der Waals surface area contributed by atoms with Crippen LogP contribution in [0.2, 0.25) is 0 Å². The largest absolute Gasteiger partial charge is 0.103 e. The standard InChI is InChI=1S/C35H56/c1-8-11-26(4)29-12-9-13-31(22-29)34(5,6)33-15-10-14-32(33)28-18-20-30(21-19-28)35(7,23-25(2)3)24-27-16-17-27/h8,18-21,25-27,29,31-33H,1,9-17,22-24H2,2-7H3. The summed E-state index contributed by atoms with van der Waals surface area (Å²) in [5.74, 6) is 5.90. The summed E-state index contributed by atoms with van der Waals surface area (Å²) in [4.78, 5) is 0. The Morgan fingerprint density at radius 3 is 2.23 bits per heavy atom. The van der Waals surface area contributed by atoms with Crippen molar-refractivity contribution in [2.75, 3.05) is 0 Å². The molecule has 0 saturated heterocycles. The van der Waals surface area contributed by atoms with Crippen molar-refractivity contribution < 1.29 is 0 Å². The molecule has 6 unspecified atom stereocenters. The van der Waals surface area contributed by atoms with Crippen molar-refractivity contribution in [2.45, 2.75) is 130 Å². The van der Waals surface area contributed by atoms with Gasteiger partial charge in [-0.25, -0.2) is 0 Å². The van der Waals surface area contributed by atoms with Crippen LogP contribution in [-0.4, -0.2) is 0 Å². The maximum atomic E-state index is 4.02. The second-order valence-electron chi connectivity index (χ2n) is 14.5. The van der Waals surface area contributed by atoms with Gasteiger partial charge < -0.3 is 0 Å². The highest BCUT2D eigenvalue weighted by Gasteiger charge is 2.45. The summed E-state index contributed by atoms with van der Waals surface area (Å²) >= 11 is 0. The molecule has 0 amide bonds. The molecule has 0 aromatic heterocycles. The van der Waals surface area contributed by atoms with Gasteiger partial charge in [0.1, 0.15) is 0 Å². The van der Waals surface area contributed by atoms with Crippen LogP contribution < -0.4 is 0 Å². The third-order valence-corrected chi connectivity index (χ3v) is 10.9. The smallest absolute Gasteiger partial charge is 0.00702 e. The Labute approximate surface area is 218 Å². The minimum absolute atomic E-state index is 0.349. The third kappa shape index (κ3) is 6.27. The molecule has 0 heterocycles. The fourth-order valence-electron chi connectivity index (χ4n) is 8.74. The number of benzene rings is 1. The zero-order valence-corrected chi connectivity index (χ0v) is 24.1. The van der Waals surface area contributed by atoms with Crippen LogP contribution in [0.15, 0.2) is 36.9 Å². The van der Waals surface area contributed by atoms with Gasteiger partial charge in [0.05, 0.1) is 0 Å². The molecule has 3 aliphatic rings. The van der Waals surface area contributed by atoms with E-state index in [2.05, 4.69) is 78.5 Å². The maximum Gasteiger partial charge on any atom is -0.00702 e. The van der Waals surface area contributed by atoms with Crippen molar-refractivity contribution in [1.82, 2.24) is 0 Å². The summed E-state index contributed by atoms with van der Waals surface area (Å²) in [6, 6.07) is 10.2. The molecule has 0 nitrogen and oxygen atoms in total. The normalized spacial score (nSPS) is 30.3. The van der Waals surface area contributed by atoms with Gasteiger partial charge in [0, 0.05) is 0 Å². The van der Waals surface area contributed by atoms with Crippen LogP contribution in [0.25, 0.3) is 0 Å². The third-order valence-electron chi connectivity index (χ3n) is 10.9. The second kappa shape index (κ2) is 11.1. The average molecular weight is 477 g/mol. The van der Waals surface area contributed by atoms with Crippen LogP contribution in [0.3, 0.4) is 0 Å². The number of allylic oxidation sites excluding steroid dienone is 1. The first-order valence-electron chi connectivity index (χ1n) is 15.4. The lowest BCUT2D eigenvalue weighted by Gasteiger charge is -2.47. The first-order chi connectivity index (χ1) is 16.6. The molecule has 6 atom stereocenters. The molecule has 0 N–H and O–H groups in total. The first kappa shape index (κ1) is 27.0. The van der Waals surface area contributed by atoms with Gasteiger partial charge in [0.2, 0.25) is 0 Å². The predicted octanol–water partition coefficient (Wildman–Crippen LogP) is 10.7. The van der Waals surface area contributed by atoms with Crippen molar-refractivity contribution in [3.8, 4) is 0 Å². The van der Waals surface area contributed by atoms with Crippen molar-refractivity contribution in [1.29, 1.82) is 0 Å². The van der Waals surface area contributed by atoms with Crippen LogP contribution in [0.4, 0.5) is 0 Å². The molecule has 4 rings (SSSR count). The van der Waals surface area contributed by atoms with Crippen LogP contribution in [0.5, 0.6) is 0 Å². The molecule has 0 bridgehead atoms. The Balaban J connectivity index is 1.49. The van der Waals surface area contributed by atoms with Gasteiger partial charge >= 0.3 is 0 Å². The van der Waals surface area contributed by atoms with E-state index in [0.29, 0.717) is 10.8 Å². The highest BCUT2D eigenvalue weighted by atomic mass is 14.5. The molecule has 35 heavy (non-hydrogen) atoms. The SMILES string of the molecule is C=CCC(C)C1CCCC(C(C)(C)C2CCCC2c2ccc(C(C)(CC(C)C)CC3CC3)cc2)C1. The Hall–Kier alpha value is -1.04. The predicted molar refractivity (Wildman–Crippen MR) is 154 cm³/mol. The van der Waals surface area contributed by atoms with Gasteiger partial charge in [-0.15, -0.1) is 6.58 Å². The lowest BCUT2D eigenvalue weighted by atomic mass is 9.58. The zero-order chi connectivity index (χ0) is 25.2. The van der Waals surface area contributed by atoms with E-state index < -0.39 is 0 Å². The molecule has 196 valence electrons. The molecule has 0 heteroatoms. The van der Waals surface area contributed by atoms with Crippen molar-refractivity contribution in [2.24, 2.45) is 40.9 Å². The molecule has 3 fully saturated rings. The first-order valence-corrected chi connectivity index (χ1v) is 15.4. The molecule has 3 saturated carbocycles. The quantitative estimate of drug-likeness (QED) is 0.278. The van der Waals surface area contributed by atoms with Crippen molar-refractivity contribution in [3.05, 3.63) is 48.0 Å². The van der Waals surface area contributed by atoms with Gasteiger partial charge in [0.25, 0.3) is 0 Å². The van der Waals surface area contributed by atoms with Crippen molar-refractivity contribution >= 4 is 0 Å². The lowest BCUT2D eigenvalue weighted by Crippen LogP contribution is -2.38. The van der Waals surface area contributed by atoms with Gasteiger partial charge in [0.15, 0.2) is 0 Å².